The maximum atomic E-state index is 11.1. The summed E-state index contributed by atoms with van der Waals surface area (Å²) >= 11 is 0. The van der Waals surface area contributed by atoms with Crippen LogP contribution in [0.25, 0.3) is 0 Å². The lowest BCUT2D eigenvalue weighted by atomic mass is 9.93. The molecule has 5 heterocycles. The summed E-state index contributed by atoms with van der Waals surface area (Å²) in [5, 5.41) is 24.5. The van der Waals surface area contributed by atoms with Crippen molar-refractivity contribution in [1.29, 1.82) is 0 Å². The van der Waals surface area contributed by atoms with E-state index in [1.165, 1.54) is 12.1 Å². The Bertz CT molecular complexity index is 1430. The number of ether oxygens (including phenoxy) is 6. The number of nitrogens with one attached hydrogen (secondary N) is 1. The number of hydrogen-bond donors (Lipinski definition) is 2. The van der Waals surface area contributed by atoms with E-state index in [-0.39, 0.29) is 30.5 Å². The molecule has 256 valence electrons. The van der Waals surface area contributed by atoms with Crippen LogP contribution >= 0.6 is 0 Å². The molecule has 1 saturated carbocycles. The fourth-order valence-corrected chi connectivity index (χ4v) is 6.95. The maximum Gasteiger partial charge on any atom is 0.323 e. The molecule has 0 spiro atoms. The molecule has 7 rings (SSSR count). The van der Waals surface area contributed by atoms with Crippen LogP contribution in [0.2, 0.25) is 0 Å². The first-order valence-electron chi connectivity index (χ1n) is 16.4. The summed E-state index contributed by atoms with van der Waals surface area (Å²) in [5.74, 6) is -0.769. The average molecular weight is 658 g/mol. The molecular formula is C31H43N7O9. The Morgan fingerprint density at radius 2 is 1.53 bits per heavy atom. The largest absolute Gasteiger partial charge is 0.460 e. The molecule has 0 radical (unpaired) electrons. The number of piperazine rings is 1. The molecule has 1 aliphatic carbocycles. The molecule has 2 N–H and O–H groups in total. The molecule has 1 aromatic carbocycles. The second kappa shape index (κ2) is 12.6. The molecule has 1 aromatic heterocycles. The van der Waals surface area contributed by atoms with Crippen molar-refractivity contribution in [2.45, 2.75) is 108 Å². The van der Waals surface area contributed by atoms with Crippen LogP contribution in [0.3, 0.4) is 0 Å². The minimum Gasteiger partial charge on any atom is -0.460 e. The van der Waals surface area contributed by atoms with Crippen molar-refractivity contribution in [2.75, 3.05) is 47.9 Å². The third-order valence-electron chi connectivity index (χ3n) is 9.25. The summed E-state index contributed by atoms with van der Waals surface area (Å²) in [7, 11) is 0. The first-order chi connectivity index (χ1) is 22.4. The molecule has 2 aromatic rings. The minimum absolute atomic E-state index is 0.0650. The van der Waals surface area contributed by atoms with Gasteiger partial charge in [0.1, 0.15) is 31.0 Å². The summed E-state index contributed by atoms with van der Waals surface area (Å²) in [5.41, 5.74) is 0.987. The smallest absolute Gasteiger partial charge is 0.323 e. The first-order valence-corrected chi connectivity index (χ1v) is 16.4. The lowest BCUT2D eigenvalue weighted by Gasteiger charge is -2.37. The van der Waals surface area contributed by atoms with Gasteiger partial charge in [0.05, 0.1) is 11.0 Å². The fraction of sp³-hybridized carbons (Fsp3) is 0.710. The predicted octanol–water partition coefficient (Wildman–Crippen LogP) is 2.60. The molecule has 4 aliphatic heterocycles. The second-order valence-corrected chi connectivity index (χ2v) is 13.7. The second-order valence-electron chi connectivity index (χ2n) is 13.7. The summed E-state index contributed by atoms with van der Waals surface area (Å²) < 4.78 is 37.2. The van der Waals surface area contributed by atoms with Crippen LogP contribution in [-0.2, 0) is 23.7 Å². The molecule has 16 heteroatoms. The molecule has 0 bridgehead atoms. The van der Waals surface area contributed by atoms with Crippen molar-refractivity contribution in [1.82, 2.24) is 15.0 Å². The maximum absolute atomic E-state index is 11.1. The van der Waals surface area contributed by atoms with Crippen molar-refractivity contribution in [3.05, 3.63) is 34.4 Å². The monoisotopic (exact) mass is 657 g/mol. The Morgan fingerprint density at radius 3 is 2.23 bits per heavy atom. The number of benzene rings is 1. The van der Waals surface area contributed by atoms with Crippen molar-refractivity contribution >= 4 is 23.3 Å². The van der Waals surface area contributed by atoms with Crippen LogP contribution in [-0.4, -0.2) is 112 Å². The van der Waals surface area contributed by atoms with E-state index in [0.717, 1.165) is 18.5 Å². The lowest BCUT2D eigenvalue weighted by Crippen LogP contribution is -2.56. The lowest BCUT2D eigenvalue weighted by molar-refractivity contribution is -0.384. The number of hydrogen-bond acceptors (Lipinski definition) is 15. The molecule has 5 atom stereocenters. The third kappa shape index (κ3) is 7.07. The number of rotatable bonds is 8. The zero-order valence-corrected chi connectivity index (χ0v) is 27.1. The number of aliphatic hydroxyl groups is 1. The van der Waals surface area contributed by atoms with Gasteiger partial charge >= 0.3 is 6.01 Å². The van der Waals surface area contributed by atoms with Gasteiger partial charge in [0.25, 0.3) is 5.69 Å². The normalized spacial score (nSPS) is 32.8. The van der Waals surface area contributed by atoms with E-state index in [9.17, 15) is 15.2 Å². The van der Waals surface area contributed by atoms with Crippen molar-refractivity contribution in [2.24, 2.45) is 0 Å². The Morgan fingerprint density at radius 1 is 0.894 bits per heavy atom. The molecule has 0 unspecified atom stereocenters. The highest BCUT2D eigenvalue weighted by Crippen LogP contribution is 2.44. The Kier molecular flexibility index (Phi) is 8.59. The minimum atomic E-state index is -0.830. The predicted molar refractivity (Wildman–Crippen MR) is 167 cm³/mol. The number of aromatic nitrogens is 3. The average Bonchev–Trinajstić information content (AvgIpc) is 3.54. The third-order valence-corrected chi connectivity index (χ3v) is 9.25. The van der Waals surface area contributed by atoms with Gasteiger partial charge in [-0.05, 0) is 65.5 Å². The van der Waals surface area contributed by atoms with E-state index in [4.69, 9.17) is 38.4 Å². The number of fused-ring (bicyclic) bond motifs is 3. The zero-order chi connectivity index (χ0) is 32.9. The zero-order valence-electron chi connectivity index (χ0n) is 27.1. The number of anilines is 3. The van der Waals surface area contributed by atoms with Gasteiger partial charge in [0, 0.05) is 50.0 Å². The van der Waals surface area contributed by atoms with Gasteiger partial charge in [-0.15, -0.1) is 0 Å². The van der Waals surface area contributed by atoms with Crippen molar-refractivity contribution in [3.63, 3.8) is 0 Å². The highest BCUT2D eigenvalue weighted by Gasteiger charge is 2.60. The van der Waals surface area contributed by atoms with Gasteiger partial charge in [-0.1, -0.05) is 0 Å². The van der Waals surface area contributed by atoms with Crippen LogP contribution in [0, 0.1) is 10.1 Å². The summed E-state index contributed by atoms with van der Waals surface area (Å²) in [6.07, 6.45) is 0.286. The topological polar surface area (TPSA) is 176 Å². The molecule has 0 amide bonds. The van der Waals surface area contributed by atoms with Gasteiger partial charge in [-0.25, -0.2) is 0 Å². The van der Waals surface area contributed by atoms with Crippen LogP contribution in [0.5, 0.6) is 6.01 Å². The van der Waals surface area contributed by atoms with Gasteiger partial charge < -0.3 is 48.6 Å². The SMILES string of the molecule is CC1(C)O[C@H]2[C@@H](O1)[C@@H](COc1nc(NC3CCC(O)CC3)nc(N3CCN(c4ccc([N+](=O)[O-])cc4)CC3)n1)O[C@@H]1OC(C)(C)O[C@@H]12. The fourth-order valence-electron chi connectivity index (χ4n) is 6.95. The number of non-ortho nitro benzene ring substituents is 1. The Hall–Kier alpha value is -3.41. The van der Waals surface area contributed by atoms with Gasteiger partial charge in [0.2, 0.25) is 11.9 Å². The Labute approximate surface area is 272 Å². The van der Waals surface area contributed by atoms with Crippen molar-refractivity contribution in [3.8, 4) is 6.01 Å². The number of aliphatic hydroxyl groups excluding tert-OH is 1. The molecule has 5 aliphatic rings. The van der Waals surface area contributed by atoms with Crippen molar-refractivity contribution < 1.29 is 38.5 Å². The van der Waals surface area contributed by atoms with E-state index in [1.807, 2.05) is 27.7 Å². The molecule has 47 heavy (non-hydrogen) atoms. The van der Waals surface area contributed by atoms with Crippen LogP contribution < -0.4 is 19.9 Å². The van der Waals surface area contributed by atoms with Crippen LogP contribution in [0.1, 0.15) is 53.4 Å². The molecule has 16 nitrogen and oxygen atoms in total. The van der Waals surface area contributed by atoms with E-state index < -0.39 is 47.2 Å². The molecule has 5 fully saturated rings. The van der Waals surface area contributed by atoms with Gasteiger partial charge in [-0.2, -0.15) is 15.0 Å². The number of nitrogens with zero attached hydrogens (tertiary/aromatic N) is 6. The summed E-state index contributed by atoms with van der Waals surface area (Å²) in [6, 6.07) is 6.86. The van der Waals surface area contributed by atoms with E-state index >= 15 is 0 Å². The molecular weight excluding hydrogens is 614 g/mol. The van der Waals surface area contributed by atoms with Gasteiger partial charge in [-0.3, -0.25) is 10.1 Å². The van der Waals surface area contributed by atoms with Crippen LogP contribution in [0.15, 0.2) is 24.3 Å². The van der Waals surface area contributed by atoms with Gasteiger partial charge in [0.15, 0.2) is 17.9 Å². The van der Waals surface area contributed by atoms with E-state index in [1.54, 1.807) is 12.1 Å². The number of nitro groups is 1. The van der Waals surface area contributed by atoms with E-state index in [2.05, 4.69) is 20.1 Å². The Balaban J connectivity index is 1.07. The summed E-state index contributed by atoms with van der Waals surface area (Å²) in [4.78, 5) is 29.0. The quantitative estimate of drug-likeness (QED) is 0.313. The highest BCUT2D eigenvalue weighted by molar-refractivity contribution is 5.52. The van der Waals surface area contributed by atoms with E-state index in [0.29, 0.717) is 50.9 Å². The highest BCUT2D eigenvalue weighted by atomic mass is 16.9. The summed E-state index contributed by atoms with van der Waals surface area (Å²) in [6.45, 7) is 10.1. The standard InChI is InChI=1S/C31H43N7O9/c1-30(2)44-23-22(43-26-25(24(23)45-30)46-31(3,4)47-26)17-42-29-34-27(32-18-5-11-21(39)12-6-18)33-28(35-29)37-15-13-36(14-16-37)19-7-9-20(10-8-19)38(40)41/h7-10,18,21-26,39H,5-6,11-17H2,1-4H3,(H,32,33,34,35)/t18?,21?,22-,23+,24+,25-,26-/m1/s1. The number of nitro benzene ring substituents is 1. The molecule has 4 saturated heterocycles. The first kappa shape index (κ1) is 32.2. The van der Waals surface area contributed by atoms with Crippen LogP contribution in [0.4, 0.5) is 23.3 Å².